The molecule has 1 rings (SSSR count). The van der Waals surface area contributed by atoms with Crippen LogP contribution in [-0.2, 0) is 4.79 Å². The third kappa shape index (κ3) is 5.50. The Morgan fingerprint density at radius 2 is 2.35 bits per heavy atom. The maximum Gasteiger partial charge on any atom is 0.317 e. The Morgan fingerprint density at radius 1 is 1.59 bits per heavy atom. The molecule has 4 nitrogen and oxygen atoms in total. The van der Waals surface area contributed by atoms with E-state index in [1.807, 2.05) is 0 Å². The highest BCUT2D eigenvalue weighted by Gasteiger charge is 2.22. The molecular weight excluding hydrogens is 216 g/mol. The molecular formula is C13H26N2O2. The normalized spacial score (nSPS) is 23.5. The van der Waals surface area contributed by atoms with Crippen LogP contribution in [0, 0.1) is 5.92 Å². The Labute approximate surface area is 104 Å². The van der Waals surface area contributed by atoms with E-state index < -0.39 is 5.97 Å². The number of likely N-dealkylation sites (tertiary alicyclic amines) is 1. The van der Waals surface area contributed by atoms with Gasteiger partial charge in [0.05, 0.1) is 6.54 Å². The first-order chi connectivity index (χ1) is 8.13. The quantitative estimate of drug-likeness (QED) is 0.711. The number of nitrogens with one attached hydrogen (secondary N) is 1. The van der Waals surface area contributed by atoms with Gasteiger partial charge in [0.1, 0.15) is 0 Å². The minimum absolute atomic E-state index is 0.0843. The first-order valence-corrected chi connectivity index (χ1v) is 6.80. The highest BCUT2D eigenvalue weighted by Crippen LogP contribution is 2.19. The van der Waals surface area contributed by atoms with Crippen molar-refractivity contribution < 1.29 is 9.90 Å². The predicted molar refractivity (Wildman–Crippen MR) is 69.2 cm³/mol. The lowest BCUT2D eigenvalue weighted by Gasteiger charge is -2.37. The Morgan fingerprint density at radius 3 is 3.00 bits per heavy atom. The fourth-order valence-corrected chi connectivity index (χ4v) is 2.65. The monoisotopic (exact) mass is 242 g/mol. The summed E-state index contributed by atoms with van der Waals surface area (Å²) in [5.41, 5.74) is 0. The van der Waals surface area contributed by atoms with E-state index in [0.29, 0.717) is 12.0 Å². The Hall–Kier alpha value is -0.610. The smallest absolute Gasteiger partial charge is 0.317 e. The standard InChI is InChI=1S/C13H26N2O2/c1-3-5-11(2)15-7-4-6-12(10-15)8-14-9-13(16)17/h11-12,14H,3-10H2,1-2H3,(H,16,17). The van der Waals surface area contributed by atoms with Gasteiger partial charge in [-0.1, -0.05) is 13.3 Å². The molecule has 1 aliphatic heterocycles. The Kier molecular flexibility index (Phi) is 6.52. The second-order valence-corrected chi connectivity index (χ2v) is 5.17. The molecule has 0 spiro atoms. The number of hydrogen-bond acceptors (Lipinski definition) is 3. The summed E-state index contributed by atoms with van der Waals surface area (Å²) in [5, 5.41) is 11.6. The van der Waals surface area contributed by atoms with Gasteiger partial charge in [0, 0.05) is 12.6 Å². The summed E-state index contributed by atoms with van der Waals surface area (Å²) in [5.74, 6) is -0.153. The molecule has 2 N–H and O–H groups in total. The molecule has 0 radical (unpaired) electrons. The average molecular weight is 242 g/mol. The van der Waals surface area contributed by atoms with Crippen molar-refractivity contribution in [2.75, 3.05) is 26.2 Å². The van der Waals surface area contributed by atoms with E-state index in [2.05, 4.69) is 24.1 Å². The van der Waals surface area contributed by atoms with Crippen LogP contribution in [0.1, 0.15) is 39.5 Å². The van der Waals surface area contributed by atoms with Gasteiger partial charge in [0.25, 0.3) is 0 Å². The van der Waals surface area contributed by atoms with Crippen LogP contribution in [0.15, 0.2) is 0 Å². The number of carboxylic acid groups (broad SMARTS) is 1. The van der Waals surface area contributed by atoms with Gasteiger partial charge in [-0.25, -0.2) is 0 Å². The van der Waals surface area contributed by atoms with Crippen molar-refractivity contribution in [1.82, 2.24) is 10.2 Å². The summed E-state index contributed by atoms with van der Waals surface area (Å²) >= 11 is 0. The molecule has 0 aliphatic carbocycles. The molecule has 1 saturated heterocycles. The van der Waals surface area contributed by atoms with Crippen LogP contribution in [0.4, 0.5) is 0 Å². The second kappa shape index (κ2) is 7.67. The van der Waals surface area contributed by atoms with Gasteiger partial charge in [-0.3, -0.25) is 4.79 Å². The molecule has 1 heterocycles. The number of hydrogen-bond donors (Lipinski definition) is 2. The van der Waals surface area contributed by atoms with Gasteiger partial charge >= 0.3 is 5.97 Å². The van der Waals surface area contributed by atoms with Crippen molar-refractivity contribution in [3.63, 3.8) is 0 Å². The molecule has 0 aromatic carbocycles. The summed E-state index contributed by atoms with van der Waals surface area (Å²) in [6, 6.07) is 0.669. The van der Waals surface area contributed by atoms with Crippen LogP contribution in [0.3, 0.4) is 0 Å². The predicted octanol–water partition coefficient (Wildman–Crippen LogP) is 1.56. The molecule has 0 bridgehead atoms. The fraction of sp³-hybridized carbons (Fsp3) is 0.923. The number of carboxylic acids is 1. The zero-order valence-electron chi connectivity index (χ0n) is 11.1. The van der Waals surface area contributed by atoms with Crippen molar-refractivity contribution >= 4 is 5.97 Å². The Bertz CT molecular complexity index is 233. The number of nitrogens with zero attached hydrogens (tertiary/aromatic N) is 1. The third-order valence-electron chi connectivity index (χ3n) is 3.59. The van der Waals surface area contributed by atoms with Gasteiger partial charge in [0.15, 0.2) is 0 Å². The Balaban J connectivity index is 2.25. The average Bonchev–Trinajstić information content (AvgIpc) is 2.29. The zero-order chi connectivity index (χ0) is 12.7. The lowest BCUT2D eigenvalue weighted by Crippen LogP contribution is -2.44. The largest absolute Gasteiger partial charge is 0.480 e. The number of carbonyl (C=O) groups is 1. The SMILES string of the molecule is CCCC(C)N1CCCC(CNCC(=O)O)C1. The van der Waals surface area contributed by atoms with Crippen LogP contribution < -0.4 is 5.32 Å². The number of piperidine rings is 1. The molecule has 1 fully saturated rings. The van der Waals surface area contributed by atoms with Gasteiger partial charge in [0.2, 0.25) is 0 Å². The molecule has 2 unspecified atom stereocenters. The van der Waals surface area contributed by atoms with Crippen LogP contribution in [0.2, 0.25) is 0 Å². The summed E-state index contributed by atoms with van der Waals surface area (Å²) in [7, 11) is 0. The lowest BCUT2D eigenvalue weighted by molar-refractivity contribution is -0.136. The van der Waals surface area contributed by atoms with Crippen molar-refractivity contribution in [3.05, 3.63) is 0 Å². The minimum Gasteiger partial charge on any atom is -0.480 e. The van der Waals surface area contributed by atoms with E-state index in [0.717, 1.165) is 13.1 Å². The number of rotatable bonds is 7. The van der Waals surface area contributed by atoms with Crippen molar-refractivity contribution in [3.8, 4) is 0 Å². The van der Waals surface area contributed by atoms with E-state index in [1.54, 1.807) is 0 Å². The third-order valence-corrected chi connectivity index (χ3v) is 3.59. The second-order valence-electron chi connectivity index (χ2n) is 5.17. The van der Waals surface area contributed by atoms with Gasteiger partial charge in [-0.05, 0) is 45.2 Å². The highest BCUT2D eigenvalue weighted by molar-refractivity contribution is 5.68. The van der Waals surface area contributed by atoms with Crippen LogP contribution >= 0.6 is 0 Å². The maximum absolute atomic E-state index is 10.4. The van der Waals surface area contributed by atoms with Gasteiger partial charge < -0.3 is 15.3 Å². The van der Waals surface area contributed by atoms with Crippen LogP contribution in [-0.4, -0.2) is 48.2 Å². The van der Waals surface area contributed by atoms with E-state index >= 15 is 0 Å². The van der Waals surface area contributed by atoms with Crippen LogP contribution in [0.25, 0.3) is 0 Å². The van der Waals surface area contributed by atoms with E-state index in [9.17, 15) is 4.79 Å². The topological polar surface area (TPSA) is 52.6 Å². The van der Waals surface area contributed by atoms with Crippen molar-refractivity contribution in [2.45, 2.75) is 45.6 Å². The summed E-state index contributed by atoms with van der Waals surface area (Å²) < 4.78 is 0. The molecule has 0 saturated carbocycles. The first kappa shape index (κ1) is 14.5. The molecule has 0 aromatic heterocycles. The van der Waals surface area contributed by atoms with Crippen molar-refractivity contribution in [1.29, 1.82) is 0 Å². The number of aliphatic carboxylic acids is 1. The molecule has 1 aliphatic rings. The molecule has 0 aromatic rings. The van der Waals surface area contributed by atoms with Crippen LogP contribution in [0.5, 0.6) is 0 Å². The molecule has 17 heavy (non-hydrogen) atoms. The zero-order valence-corrected chi connectivity index (χ0v) is 11.1. The summed E-state index contributed by atoms with van der Waals surface area (Å²) in [6.45, 7) is 7.77. The van der Waals surface area contributed by atoms with Crippen molar-refractivity contribution in [2.24, 2.45) is 5.92 Å². The maximum atomic E-state index is 10.4. The van der Waals surface area contributed by atoms with E-state index in [4.69, 9.17) is 5.11 Å². The molecule has 4 heteroatoms. The minimum atomic E-state index is -0.767. The first-order valence-electron chi connectivity index (χ1n) is 6.80. The summed E-state index contributed by atoms with van der Waals surface area (Å²) in [6.07, 6.45) is 4.96. The van der Waals surface area contributed by atoms with E-state index in [-0.39, 0.29) is 6.54 Å². The fourth-order valence-electron chi connectivity index (χ4n) is 2.65. The van der Waals surface area contributed by atoms with E-state index in [1.165, 1.54) is 32.2 Å². The molecule has 100 valence electrons. The van der Waals surface area contributed by atoms with Gasteiger partial charge in [-0.15, -0.1) is 0 Å². The molecule has 0 amide bonds. The highest BCUT2D eigenvalue weighted by atomic mass is 16.4. The molecule has 2 atom stereocenters. The lowest BCUT2D eigenvalue weighted by atomic mass is 9.96. The van der Waals surface area contributed by atoms with Gasteiger partial charge in [-0.2, -0.15) is 0 Å². The summed E-state index contributed by atoms with van der Waals surface area (Å²) in [4.78, 5) is 13.0.